The molecule has 7 heteroatoms. The van der Waals surface area contributed by atoms with E-state index in [0.29, 0.717) is 29.6 Å². The number of hydrogen-bond acceptors (Lipinski definition) is 6. The topological polar surface area (TPSA) is 84.4 Å². The van der Waals surface area contributed by atoms with E-state index in [2.05, 4.69) is 4.98 Å². The molecule has 0 amide bonds. The average molecular weight is 345 g/mol. The van der Waals surface area contributed by atoms with Crippen LogP contribution in [0.2, 0.25) is 0 Å². The van der Waals surface area contributed by atoms with E-state index >= 15 is 0 Å². The third-order valence-electron chi connectivity index (χ3n) is 4.78. The second-order valence-electron chi connectivity index (χ2n) is 6.29. The largest absolute Gasteiger partial charge is 0.467 e. The molecule has 1 aliphatic rings. The molecule has 0 radical (unpaired) electrons. The Bertz CT molecular complexity index is 863. The first-order valence-electron chi connectivity index (χ1n) is 8.56. The summed E-state index contributed by atoms with van der Waals surface area (Å²) < 4.78 is 6.35. The molecule has 0 spiro atoms. The van der Waals surface area contributed by atoms with Crippen LogP contribution < -0.4 is 10.6 Å². The lowest BCUT2D eigenvalue weighted by Crippen LogP contribution is -2.48. The van der Waals surface area contributed by atoms with Crippen LogP contribution in [0.1, 0.15) is 32.5 Å². The maximum Gasteiger partial charge on any atom is 0.337 e. The molecular weight excluding hydrogens is 322 g/mol. The zero-order chi connectivity index (χ0) is 18.2. The normalized spacial score (nSPS) is 20.6. The van der Waals surface area contributed by atoms with Gasteiger partial charge in [-0.1, -0.05) is 32.4 Å². The SMILES string of the molecule is CCC[C@@H](O)[C@]1(C(=O)OC)CN1n1c(CC)nc2ccccc2c1=O. The second-order valence-corrected chi connectivity index (χ2v) is 6.29. The van der Waals surface area contributed by atoms with Gasteiger partial charge in [0.25, 0.3) is 5.56 Å². The Morgan fingerprint density at radius 2 is 2.12 bits per heavy atom. The number of nitrogens with zero attached hydrogens (tertiary/aromatic N) is 3. The van der Waals surface area contributed by atoms with Gasteiger partial charge >= 0.3 is 5.97 Å². The highest BCUT2D eigenvalue weighted by atomic mass is 16.5. The summed E-state index contributed by atoms with van der Waals surface area (Å²) in [5, 5.41) is 12.6. The van der Waals surface area contributed by atoms with Gasteiger partial charge in [0, 0.05) is 6.42 Å². The molecule has 1 fully saturated rings. The van der Waals surface area contributed by atoms with Crippen molar-refractivity contribution in [3.63, 3.8) is 0 Å². The molecule has 0 aliphatic carbocycles. The Morgan fingerprint density at radius 1 is 1.40 bits per heavy atom. The number of aryl methyl sites for hydroxylation is 1. The van der Waals surface area contributed by atoms with E-state index in [1.165, 1.54) is 11.8 Å². The van der Waals surface area contributed by atoms with Crippen molar-refractivity contribution in [2.24, 2.45) is 0 Å². The Balaban J connectivity index is 2.15. The lowest BCUT2D eigenvalue weighted by Gasteiger charge is -2.23. The van der Waals surface area contributed by atoms with Crippen molar-refractivity contribution in [2.45, 2.75) is 44.8 Å². The van der Waals surface area contributed by atoms with Crippen molar-refractivity contribution in [1.82, 2.24) is 9.66 Å². The quantitative estimate of drug-likeness (QED) is 0.621. The standard InChI is InChI=1S/C18H23N3O4/c1-4-8-14(22)18(17(24)25-3)11-20(18)21-15(5-2)19-13-10-7-6-9-12(13)16(21)23/h6-7,9-10,14,22H,4-5,8,11H2,1-3H3/t14-,18+,20?/m1/s1. The molecule has 134 valence electrons. The second kappa shape index (κ2) is 6.48. The number of fused-ring (bicyclic) bond motifs is 1. The number of aliphatic hydroxyl groups is 1. The number of aromatic nitrogens is 2. The number of methoxy groups -OCH3 is 1. The number of hydrogen-bond donors (Lipinski definition) is 1. The van der Waals surface area contributed by atoms with Crippen LogP contribution in [0, 0.1) is 0 Å². The molecule has 2 aromatic rings. The van der Waals surface area contributed by atoms with E-state index in [4.69, 9.17) is 4.74 Å². The van der Waals surface area contributed by atoms with Crippen LogP contribution in [0.3, 0.4) is 0 Å². The van der Waals surface area contributed by atoms with Gasteiger partial charge in [0.1, 0.15) is 5.82 Å². The van der Waals surface area contributed by atoms with E-state index in [9.17, 15) is 14.7 Å². The Labute approximate surface area is 145 Å². The number of aliphatic hydroxyl groups excluding tert-OH is 1. The predicted molar refractivity (Wildman–Crippen MR) is 94.1 cm³/mol. The molecule has 1 aromatic heterocycles. The van der Waals surface area contributed by atoms with E-state index in [0.717, 1.165) is 6.42 Å². The summed E-state index contributed by atoms with van der Waals surface area (Å²) in [6.45, 7) is 4.06. The van der Waals surface area contributed by atoms with Gasteiger partial charge in [-0.05, 0) is 18.6 Å². The zero-order valence-electron chi connectivity index (χ0n) is 14.7. The summed E-state index contributed by atoms with van der Waals surface area (Å²) in [6, 6.07) is 7.12. The van der Waals surface area contributed by atoms with Gasteiger partial charge < -0.3 is 9.84 Å². The van der Waals surface area contributed by atoms with Gasteiger partial charge in [0.15, 0.2) is 5.54 Å². The molecular formula is C18H23N3O4. The third kappa shape index (κ3) is 2.59. The van der Waals surface area contributed by atoms with Crippen LogP contribution in [-0.4, -0.2) is 46.0 Å². The minimum Gasteiger partial charge on any atom is -0.467 e. The van der Waals surface area contributed by atoms with Crippen molar-refractivity contribution < 1.29 is 14.6 Å². The molecule has 0 bridgehead atoms. The van der Waals surface area contributed by atoms with Crippen LogP contribution >= 0.6 is 0 Å². The Hall–Kier alpha value is -2.41. The van der Waals surface area contributed by atoms with Gasteiger partial charge in [-0.25, -0.2) is 14.5 Å². The van der Waals surface area contributed by atoms with Gasteiger partial charge in [-0.3, -0.25) is 9.80 Å². The molecule has 1 aliphatic heterocycles. The number of ether oxygens (including phenoxy) is 1. The fourth-order valence-corrected chi connectivity index (χ4v) is 3.36. The van der Waals surface area contributed by atoms with Crippen molar-refractivity contribution in [2.75, 3.05) is 18.7 Å². The molecule has 0 unspecified atom stereocenters. The minimum absolute atomic E-state index is 0.230. The van der Waals surface area contributed by atoms with Gasteiger partial charge in [-0.15, -0.1) is 0 Å². The number of carbonyl (C=O) groups excluding carboxylic acids is 1. The molecule has 2 atom stereocenters. The molecule has 1 saturated heterocycles. The first kappa shape index (κ1) is 17.4. The van der Waals surface area contributed by atoms with E-state index < -0.39 is 17.6 Å². The molecule has 3 rings (SSSR count). The number of carbonyl (C=O) groups is 1. The highest BCUT2D eigenvalue weighted by Gasteiger charge is 2.65. The van der Waals surface area contributed by atoms with Gasteiger partial charge in [0.05, 0.1) is 30.7 Å². The highest BCUT2D eigenvalue weighted by molar-refractivity contribution is 5.90. The summed E-state index contributed by atoms with van der Waals surface area (Å²) >= 11 is 0. The molecule has 1 N–H and O–H groups in total. The summed E-state index contributed by atoms with van der Waals surface area (Å²) in [5.41, 5.74) is -0.833. The molecule has 0 saturated carbocycles. The monoisotopic (exact) mass is 345 g/mol. The van der Waals surface area contributed by atoms with Crippen LogP contribution in [0.4, 0.5) is 0 Å². The fourth-order valence-electron chi connectivity index (χ4n) is 3.36. The number of rotatable bonds is 6. The first-order chi connectivity index (χ1) is 12.0. The summed E-state index contributed by atoms with van der Waals surface area (Å²) in [5.74, 6) is 0.0220. The molecule has 2 heterocycles. The highest BCUT2D eigenvalue weighted by Crippen LogP contribution is 2.37. The molecule has 7 nitrogen and oxygen atoms in total. The lowest BCUT2D eigenvalue weighted by molar-refractivity contribution is -0.146. The summed E-state index contributed by atoms with van der Waals surface area (Å²) in [7, 11) is 1.29. The Morgan fingerprint density at radius 3 is 2.76 bits per heavy atom. The smallest absolute Gasteiger partial charge is 0.337 e. The predicted octanol–water partition coefficient (Wildman–Crippen LogP) is 0.983. The summed E-state index contributed by atoms with van der Waals surface area (Å²) in [6.07, 6.45) is 0.785. The van der Waals surface area contributed by atoms with E-state index in [-0.39, 0.29) is 12.1 Å². The van der Waals surface area contributed by atoms with Crippen LogP contribution in [0.5, 0.6) is 0 Å². The van der Waals surface area contributed by atoms with Crippen molar-refractivity contribution in [3.05, 3.63) is 40.4 Å². The lowest BCUT2D eigenvalue weighted by atomic mass is 9.99. The average Bonchev–Trinajstić information content (AvgIpc) is 3.37. The van der Waals surface area contributed by atoms with Crippen LogP contribution in [0.25, 0.3) is 10.9 Å². The third-order valence-corrected chi connectivity index (χ3v) is 4.78. The minimum atomic E-state index is -1.22. The van der Waals surface area contributed by atoms with Crippen LogP contribution in [0.15, 0.2) is 29.1 Å². The van der Waals surface area contributed by atoms with Crippen molar-refractivity contribution in [3.8, 4) is 0 Å². The van der Waals surface area contributed by atoms with Gasteiger partial charge in [-0.2, -0.15) is 0 Å². The maximum atomic E-state index is 13.0. The molecule has 1 aromatic carbocycles. The van der Waals surface area contributed by atoms with E-state index in [1.807, 2.05) is 19.9 Å². The molecule has 25 heavy (non-hydrogen) atoms. The Kier molecular flexibility index (Phi) is 4.51. The fraction of sp³-hybridized carbons (Fsp3) is 0.500. The van der Waals surface area contributed by atoms with Crippen LogP contribution in [-0.2, 0) is 16.0 Å². The first-order valence-corrected chi connectivity index (χ1v) is 8.56. The van der Waals surface area contributed by atoms with Crippen molar-refractivity contribution >= 4 is 16.9 Å². The van der Waals surface area contributed by atoms with Gasteiger partial charge in [0.2, 0.25) is 0 Å². The maximum absolute atomic E-state index is 13.0. The summed E-state index contributed by atoms with van der Waals surface area (Å²) in [4.78, 5) is 30.0. The number of benzene rings is 1. The number of para-hydroxylation sites is 1. The van der Waals surface area contributed by atoms with Crippen molar-refractivity contribution in [1.29, 1.82) is 0 Å². The number of esters is 1. The zero-order valence-corrected chi connectivity index (χ0v) is 14.7. The van der Waals surface area contributed by atoms with E-state index in [1.54, 1.807) is 23.2 Å².